The van der Waals surface area contributed by atoms with Crippen molar-refractivity contribution in [3.8, 4) is 0 Å². The molecule has 2 heteroatoms. The van der Waals surface area contributed by atoms with Gasteiger partial charge in [-0.25, -0.2) is 0 Å². The molecule has 2 saturated heterocycles. The van der Waals surface area contributed by atoms with Crippen LogP contribution in [0.3, 0.4) is 0 Å². The van der Waals surface area contributed by atoms with Gasteiger partial charge in [0, 0.05) is 25.3 Å². The Labute approximate surface area is 104 Å². The van der Waals surface area contributed by atoms with Crippen molar-refractivity contribution < 1.29 is 0 Å². The molecule has 0 aromatic heterocycles. The van der Waals surface area contributed by atoms with Crippen molar-refractivity contribution in [1.82, 2.24) is 4.90 Å². The number of para-hydroxylation sites is 1. The zero-order chi connectivity index (χ0) is 11.5. The summed E-state index contributed by atoms with van der Waals surface area (Å²) in [6.45, 7) is 3.83. The fraction of sp³-hybridized carbons (Fsp3) is 0.600. The third-order valence-corrected chi connectivity index (χ3v) is 4.12. The molecule has 17 heavy (non-hydrogen) atoms. The highest BCUT2D eigenvalue weighted by Gasteiger charge is 2.29. The summed E-state index contributed by atoms with van der Waals surface area (Å²) in [7, 11) is 0. The normalized spacial score (nSPS) is 26.4. The highest BCUT2D eigenvalue weighted by atomic mass is 15.4. The summed E-state index contributed by atoms with van der Waals surface area (Å²) in [6, 6.07) is 10.9. The Hall–Kier alpha value is -1.02. The summed E-state index contributed by atoms with van der Waals surface area (Å²) in [5, 5.41) is 0. The van der Waals surface area contributed by atoms with E-state index in [9.17, 15) is 0 Å². The molecule has 0 radical (unpaired) electrons. The van der Waals surface area contributed by atoms with Gasteiger partial charge in [-0.2, -0.15) is 0 Å². The summed E-state index contributed by atoms with van der Waals surface area (Å²) in [5.41, 5.74) is 1.41. The molecule has 0 aliphatic carbocycles. The van der Waals surface area contributed by atoms with E-state index in [-0.39, 0.29) is 0 Å². The van der Waals surface area contributed by atoms with Crippen LogP contribution in [0.15, 0.2) is 30.3 Å². The first kappa shape index (κ1) is 11.1. The minimum absolute atomic E-state index is 0.661. The van der Waals surface area contributed by atoms with Crippen molar-refractivity contribution in [3.05, 3.63) is 30.3 Å². The van der Waals surface area contributed by atoms with Crippen molar-refractivity contribution in [2.75, 3.05) is 24.5 Å². The van der Waals surface area contributed by atoms with E-state index in [0.717, 1.165) is 0 Å². The van der Waals surface area contributed by atoms with Crippen molar-refractivity contribution in [1.29, 1.82) is 0 Å². The van der Waals surface area contributed by atoms with Crippen LogP contribution in [0, 0.1) is 0 Å². The molecule has 1 aromatic carbocycles. The zero-order valence-corrected chi connectivity index (χ0v) is 10.5. The maximum absolute atomic E-state index is 2.69. The Balaban J connectivity index is 1.80. The quantitative estimate of drug-likeness (QED) is 0.770. The minimum Gasteiger partial charge on any atom is -0.356 e. The highest BCUT2D eigenvalue weighted by molar-refractivity contribution is 5.47. The summed E-state index contributed by atoms with van der Waals surface area (Å²) in [4.78, 5) is 5.31. The Morgan fingerprint density at radius 2 is 1.53 bits per heavy atom. The van der Waals surface area contributed by atoms with E-state index in [1.165, 1.54) is 57.4 Å². The number of rotatable bonds is 2. The first-order chi connectivity index (χ1) is 8.45. The third kappa shape index (κ3) is 2.32. The number of anilines is 1. The molecule has 1 atom stereocenters. The summed E-state index contributed by atoms with van der Waals surface area (Å²) < 4.78 is 0. The lowest BCUT2D eigenvalue weighted by Gasteiger charge is -2.42. The standard InChI is InChI=1S/C15H22N2/c1-2-8-14(9-3-1)17-13-5-4-10-15(17)16-11-6-7-12-16/h1-3,8-9,15H,4-7,10-13H2. The minimum atomic E-state index is 0.661. The molecule has 3 rings (SSSR count). The Bertz CT molecular complexity index is 343. The van der Waals surface area contributed by atoms with Gasteiger partial charge in [-0.3, -0.25) is 4.90 Å². The van der Waals surface area contributed by atoms with Crippen LogP contribution in [0.25, 0.3) is 0 Å². The van der Waals surface area contributed by atoms with Crippen LogP contribution in [0.4, 0.5) is 5.69 Å². The molecule has 0 saturated carbocycles. The zero-order valence-electron chi connectivity index (χ0n) is 10.5. The van der Waals surface area contributed by atoms with Crippen LogP contribution in [0.1, 0.15) is 32.1 Å². The van der Waals surface area contributed by atoms with Gasteiger partial charge in [-0.15, -0.1) is 0 Å². The lowest BCUT2D eigenvalue weighted by molar-refractivity contribution is 0.201. The van der Waals surface area contributed by atoms with E-state index in [2.05, 4.69) is 40.1 Å². The predicted octanol–water partition coefficient (Wildman–Crippen LogP) is 3.10. The average Bonchev–Trinajstić information content (AvgIpc) is 2.94. The van der Waals surface area contributed by atoms with E-state index in [4.69, 9.17) is 0 Å². The number of benzene rings is 1. The second-order valence-electron chi connectivity index (χ2n) is 5.25. The number of nitrogens with zero attached hydrogens (tertiary/aromatic N) is 2. The van der Waals surface area contributed by atoms with E-state index in [1.807, 2.05) is 0 Å². The van der Waals surface area contributed by atoms with Gasteiger partial charge in [0.1, 0.15) is 0 Å². The monoisotopic (exact) mass is 230 g/mol. The molecule has 0 amide bonds. The Morgan fingerprint density at radius 3 is 2.29 bits per heavy atom. The second kappa shape index (κ2) is 5.09. The maximum Gasteiger partial charge on any atom is 0.0820 e. The highest BCUT2D eigenvalue weighted by Crippen LogP contribution is 2.28. The summed E-state index contributed by atoms with van der Waals surface area (Å²) >= 11 is 0. The molecule has 0 N–H and O–H groups in total. The van der Waals surface area contributed by atoms with Crippen LogP contribution < -0.4 is 4.90 Å². The molecular formula is C15H22N2. The summed E-state index contributed by atoms with van der Waals surface area (Å²) in [6.07, 6.45) is 7.52. The van der Waals surface area contributed by atoms with Crippen LogP contribution in [0.5, 0.6) is 0 Å². The van der Waals surface area contributed by atoms with Gasteiger partial charge >= 0.3 is 0 Å². The van der Waals surface area contributed by atoms with Gasteiger partial charge in [0.25, 0.3) is 0 Å². The van der Waals surface area contributed by atoms with Crippen LogP contribution in [-0.2, 0) is 0 Å². The van der Waals surface area contributed by atoms with Crippen LogP contribution in [0.2, 0.25) is 0 Å². The molecule has 2 heterocycles. The molecule has 92 valence electrons. The summed E-state index contributed by atoms with van der Waals surface area (Å²) in [5.74, 6) is 0. The molecule has 1 unspecified atom stereocenters. The lowest BCUT2D eigenvalue weighted by Crippen LogP contribution is -2.50. The second-order valence-corrected chi connectivity index (χ2v) is 5.25. The van der Waals surface area contributed by atoms with Crippen molar-refractivity contribution in [3.63, 3.8) is 0 Å². The number of piperidine rings is 1. The van der Waals surface area contributed by atoms with Crippen molar-refractivity contribution in [2.24, 2.45) is 0 Å². The molecule has 2 aliphatic heterocycles. The Kier molecular flexibility index (Phi) is 3.32. The fourth-order valence-corrected chi connectivity index (χ4v) is 3.25. The van der Waals surface area contributed by atoms with Gasteiger partial charge in [0.15, 0.2) is 0 Å². The van der Waals surface area contributed by atoms with Crippen molar-refractivity contribution in [2.45, 2.75) is 38.3 Å². The number of hydrogen-bond acceptors (Lipinski definition) is 2. The molecular weight excluding hydrogens is 208 g/mol. The molecule has 2 fully saturated rings. The van der Waals surface area contributed by atoms with Gasteiger partial charge in [0.05, 0.1) is 6.17 Å². The van der Waals surface area contributed by atoms with Crippen LogP contribution >= 0.6 is 0 Å². The number of hydrogen-bond donors (Lipinski definition) is 0. The Morgan fingerprint density at radius 1 is 0.824 bits per heavy atom. The van der Waals surface area contributed by atoms with E-state index >= 15 is 0 Å². The average molecular weight is 230 g/mol. The largest absolute Gasteiger partial charge is 0.356 e. The fourth-order valence-electron chi connectivity index (χ4n) is 3.25. The first-order valence-corrected chi connectivity index (χ1v) is 7.01. The molecule has 0 spiro atoms. The lowest BCUT2D eigenvalue weighted by atomic mass is 10.1. The van der Waals surface area contributed by atoms with Crippen LogP contribution in [-0.4, -0.2) is 30.7 Å². The first-order valence-electron chi connectivity index (χ1n) is 7.01. The van der Waals surface area contributed by atoms with Gasteiger partial charge in [0.2, 0.25) is 0 Å². The maximum atomic E-state index is 2.69. The molecule has 0 bridgehead atoms. The SMILES string of the molecule is c1ccc(N2CCCCC2N2CCCC2)cc1. The smallest absolute Gasteiger partial charge is 0.0820 e. The molecule has 1 aromatic rings. The van der Waals surface area contributed by atoms with Gasteiger partial charge in [-0.1, -0.05) is 18.2 Å². The molecule has 2 aliphatic rings. The predicted molar refractivity (Wildman–Crippen MR) is 72.2 cm³/mol. The van der Waals surface area contributed by atoms with E-state index < -0.39 is 0 Å². The van der Waals surface area contributed by atoms with Gasteiger partial charge < -0.3 is 4.90 Å². The third-order valence-electron chi connectivity index (χ3n) is 4.12. The topological polar surface area (TPSA) is 6.48 Å². The molecule has 2 nitrogen and oxygen atoms in total. The van der Waals surface area contributed by atoms with E-state index in [1.54, 1.807) is 0 Å². The van der Waals surface area contributed by atoms with Crippen molar-refractivity contribution >= 4 is 5.69 Å². The number of likely N-dealkylation sites (tertiary alicyclic amines) is 1. The van der Waals surface area contributed by atoms with E-state index in [0.29, 0.717) is 6.17 Å². The van der Waals surface area contributed by atoms with Gasteiger partial charge in [-0.05, 0) is 44.2 Å².